The molecule has 0 aliphatic heterocycles. The highest BCUT2D eigenvalue weighted by atomic mass is 16.5. The van der Waals surface area contributed by atoms with Gasteiger partial charge >= 0.3 is 0 Å². The maximum atomic E-state index is 13.2. The number of nitrogens with zero attached hydrogens (tertiary/aromatic N) is 3. The quantitative estimate of drug-likeness (QED) is 0.557. The summed E-state index contributed by atoms with van der Waals surface area (Å²) in [5, 5.41) is 1.01. The monoisotopic (exact) mass is 436 g/mol. The molecule has 0 spiro atoms. The maximum Gasteiger partial charge on any atom is 0.250 e. The standard InChI is InChI=1S/C25H32N4O3/c1-27(2)13-12-19-16-29(23-15-20(32-4)10-11-21(19)23)24(30)17-28(3)25(31)22(26)14-18-8-6-5-7-9-18/h5-11,15-16,22H,12-14,17,26H2,1-4H3/t22-/m0/s1. The Morgan fingerprint density at radius 1 is 1.09 bits per heavy atom. The van der Waals surface area contributed by atoms with Gasteiger partial charge in [0.25, 0.3) is 5.91 Å². The topological polar surface area (TPSA) is 80.8 Å². The molecule has 3 aromatic rings. The minimum absolute atomic E-state index is 0.0601. The van der Waals surface area contributed by atoms with Crippen LogP contribution in [0.25, 0.3) is 10.9 Å². The summed E-state index contributed by atoms with van der Waals surface area (Å²) >= 11 is 0. The molecule has 3 rings (SSSR count). The molecule has 1 amide bonds. The molecule has 170 valence electrons. The summed E-state index contributed by atoms with van der Waals surface area (Å²) in [6, 6.07) is 14.7. The van der Waals surface area contributed by atoms with E-state index in [2.05, 4.69) is 4.90 Å². The number of hydrogen-bond acceptors (Lipinski definition) is 5. The van der Waals surface area contributed by atoms with Crippen LogP contribution in [0.2, 0.25) is 0 Å². The summed E-state index contributed by atoms with van der Waals surface area (Å²) < 4.78 is 6.98. The number of benzene rings is 2. The first-order chi connectivity index (χ1) is 15.3. The number of ether oxygens (including phenoxy) is 1. The molecule has 0 aliphatic carbocycles. The van der Waals surface area contributed by atoms with Crippen molar-refractivity contribution in [3.8, 4) is 5.75 Å². The molecule has 7 heteroatoms. The minimum Gasteiger partial charge on any atom is -0.497 e. The van der Waals surface area contributed by atoms with Crippen LogP contribution < -0.4 is 10.5 Å². The molecule has 1 aromatic heterocycles. The van der Waals surface area contributed by atoms with E-state index in [-0.39, 0.29) is 18.4 Å². The number of amides is 1. The van der Waals surface area contributed by atoms with Crippen LogP contribution >= 0.6 is 0 Å². The van der Waals surface area contributed by atoms with Gasteiger partial charge in [-0.1, -0.05) is 30.3 Å². The van der Waals surface area contributed by atoms with Gasteiger partial charge in [0.1, 0.15) is 12.3 Å². The van der Waals surface area contributed by atoms with Crippen molar-refractivity contribution in [2.75, 3.05) is 41.3 Å². The molecule has 0 aliphatic rings. The maximum absolute atomic E-state index is 13.2. The number of carbonyl (C=O) groups is 2. The molecule has 0 saturated carbocycles. The van der Waals surface area contributed by atoms with Crippen LogP contribution in [-0.2, 0) is 17.6 Å². The summed E-state index contributed by atoms with van der Waals surface area (Å²) in [6.07, 6.45) is 3.11. The van der Waals surface area contributed by atoms with Crippen molar-refractivity contribution in [1.29, 1.82) is 0 Å². The van der Waals surface area contributed by atoms with Crippen LogP contribution in [0.5, 0.6) is 5.75 Å². The van der Waals surface area contributed by atoms with Crippen molar-refractivity contribution in [3.05, 3.63) is 65.9 Å². The third-order valence-electron chi connectivity index (χ3n) is 5.56. The normalized spacial score (nSPS) is 12.2. The van der Waals surface area contributed by atoms with E-state index in [1.54, 1.807) is 18.7 Å². The molecule has 0 radical (unpaired) electrons. The number of aromatic nitrogens is 1. The van der Waals surface area contributed by atoms with E-state index in [0.29, 0.717) is 12.2 Å². The lowest BCUT2D eigenvalue weighted by atomic mass is 10.1. The van der Waals surface area contributed by atoms with E-state index >= 15 is 0 Å². The Morgan fingerprint density at radius 3 is 2.47 bits per heavy atom. The number of nitrogens with two attached hydrogens (primary N) is 1. The van der Waals surface area contributed by atoms with Gasteiger partial charge in [0, 0.05) is 31.2 Å². The molecular weight excluding hydrogens is 404 g/mol. The van der Waals surface area contributed by atoms with Crippen molar-refractivity contribution < 1.29 is 14.3 Å². The molecule has 0 unspecified atom stereocenters. The fourth-order valence-corrected chi connectivity index (χ4v) is 3.75. The van der Waals surface area contributed by atoms with Crippen molar-refractivity contribution in [3.63, 3.8) is 0 Å². The smallest absolute Gasteiger partial charge is 0.250 e. The highest BCUT2D eigenvalue weighted by molar-refractivity contribution is 5.97. The lowest BCUT2D eigenvalue weighted by Gasteiger charge is -2.21. The number of fused-ring (bicyclic) bond motifs is 1. The van der Waals surface area contributed by atoms with Crippen molar-refractivity contribution in [2.24, 2.45) is 5.73 Å². The van der Waals surface area contributed by atoms with Gasteiger partial charge < -0.3 is 20.3 Å². The zero-order chi connectivity index (χ0) is 23.3. The molecule has 32 heavy (non-hydrogen) atoms. The molecule has 7 nitrogen and oxygen atoms in total. The molecule has 0 fully saturated rings. The average Bonchev–Trinajstić information content (AvgIpc) is 3.15. The van der Waals surface area contributed by atoms with Gasteiger partial charge in [0.2, 0.25) is 5.91 Å². The Balaban J connectivity index is 1.78. The highest BCUT2D eigenvalue weighted by Gasteiger charge is 2.22. The largest absolute Gasteiger partial charge is 0.497 e. The zero-order valence-corrected chi connectivity index (χ0v) is 19.2. The Bertz CT molecular complexity index is 1080. The molecular formula is C25H32N4O3. The SMILES string of the molecule is COc1ccc2c(CCN(C)C)cn(C(=O)CN(C)C(=O)[C@@H](N)Cc3ccccc3)c2c1. The van der Waals surface area contributed by atoms with E-state index in [9.17, 15) is 9.59 Å². The second kappa shape index (κ2) is 10.4. The van der Waals surface area contributed by atoms with Gasteiger partial charge in [-0.05, 0) is 50.2 Å². The van der Waals surface area contributed by atoms with Crippen LogP contribution in [0.4, 0.5) is 0 Å². The molecule has 2 aromatic carbocycles. The number of carbonyl (C=O) groups excluding carboxylic acids is 2. The van der Waals surface area contributed by atoms with E-state index in [4.69, 9.17) is 10.5 Å². The Morgan fingerprint density at radius 2 is 1.81 bits per heavy atom. The predicted molar refractivity (Wildman–Crippen MR) is 127 cm³/mol. The predicted octanol–water partition coefficient (Wildman–Crippen LogP) is 2.42. The van der Waals surface area contributed by atoms with E-state index in [1.807, 2.05) is 68.8 Å². The number of methoxy groups -OCH3 is 1. The van der Waals surface area contributed by atoms with Crippen molar-refractivity contribution >= 4 is 22.7 Å². The average molecular weight is 437 g/mol. The Hall–Kier alpha value is -3.16. The van der Waals surface area contributed by atoms with Crippen LogP contribution in [0.1, 0.15) is 15.9 Å². The molecule has 0 saturated heterocycles. The van der Waals surface area contributed by atoms with Gasteiger partial charge in [-0.2, -0.15) is 0 Å². The zero-order valence-electron chi connectivity index (χ0n) is 19.2. The first kappa shape index (κ1) is 23.5. The summed E-state index contributed by atoms with van der Waals surface area (Å²) in [7, 11) is 7.26. The summed E-state index contributed by atoms with van der Waals surface area (Å²) in [6.45, 7) is 0.807. The molecule has 1 atom stereocenters. The second-order valence-electron chi connectivity index (χ2n) is 8.34. The first-order valence-electron chi connectivity index (χ1n) is 10.7. The lowest BCUT2D eigenvalue weighted by Crippen LogP contribution is -2.45. The van der Waals surface area contributed by atoms with Crippen LogP contribution in [0.3, 0.4) is 0 Å². The van der Waals surface area contributed by atoms with E-state index < -0.39 is 6.04 Å². The first-order valence-corrected chi connectivity index (χ1v) is 10.7. The van der Waals surface area contributed by atoms with E-state index in [0.717, 1.165) is 35.0 Å². The fourth-order valence-electron chi connectivity index (χ4n) is 3.75. The molecule has 1 heterocycles. The third kappa shape index (κ3) is 5.55. The summed E-state index contributed by atoms with van der Waals surface area (Å²) in [4.78, 5) is 29.5. The Labute approximate surface area is 189 Å². The van der Waals surface area contributed by atoms with Gasteiger partial charge in [-0.3, -0.25) is 14.2 Å². The van der Waals surface area contributed by atoms with Gasteiger partial charge in [0.15, 0.2) is 0 Å². The van der Waals surface area contributed by atoms with Crippen LogP contribution in [-0.4, -0.2) is 73.6 Å². The van der Waals surface area contributed by atoms with Crippen molar-refractivity contribution in [1.82, 2.24) is 14.4 Å². The van der Waals surface area contributed by atoms with Crippen molar-refractivity contribution in [2.45, 2.75) is 18.9 Å². The minimum atomic E-state index is -0.702. The molecule has 0 bridgehead atoms. The second-order valence-corrected chi connectivity index (χ2v) is 8.34. The summed E-state index contributed by atoms with van der Waals surface area (Å²) in [5.74, 6) is 0.226. The number of rotatable bonds is 9. The third-order valence-corrected chi connectivity index (χ3v) is 5.56. The van der Waals surface area contributed by atoms with Gasteiger partial charge in [-0.15, -0.1) is 0 Å². The highest BCUT2D eigenvalue weighted by Crippen LogP contribution is 2.26. The lowest BCUT2D eigenvalue weighted by molar-refractivity contribution is -0.130. The Kier molecular flexibility index (Phi) is 7.66. The van der Waals surface area contributed by atoms with Gasteiger partial charge in [-0.25, -0.2) is 0 Å². The number of hydrogen-bond donors (Lipinski definition) is 1. The summed E-state index contributed by atoms with van der Waals surface area (Å²) in [5.41, 5.74) is 8.98. The number of likely N-dealkylation sites (N-methyl/N-ethyl adjacent to an activating group) is 2. The fraction of sp³-hybridized carbons (Fsp3) is 0.360. The van der Waals surface area contributed by atoms with Crippen LogP contribution in [0, 0.1) is 0 Å². The van der Waals surface area contributed by atoms with E-state index in [1.165, 1.54) is 4.90 Å². The molecule has 2 N–H and O–H groups in total. The van der Waals surface area contributed by atoms with Gasteiger partial charge in [0.05, 0.1) is 18.7 Å². The van der Waals surface area contributed by atoms with Crippen LogP contribution in [0.15, 0.2) is 54.7 Å².